The van der Waals surface area contributed by atoms with E-state index in [4.69, 9.17) is 10.6 Å². The Kier molecular flexibility index (Phi) is 6.64. The predicted octanol–water partition coefficient (Wildman–Crippen LogP) is -4.89. The molecule has 3 rings (SSSR count). The number of rotatable bonds is 5. The summed E-state index contributed by atoms with van der Waals surface area (Å²) in [5.41, 5.74) is 6.81. The number of hydrogen-bond acceptors (Lipinski definition) is 7. The van der Waals surface area contributed by atoms with Crippen LogP contribution in [-0.2, 0) is 21.5 Å². The Morgan fingerprint density at radius 1 is 1.60 bits per heavy atom. The van der Waals surface area contributed by atoms with Gasteiger partial charge in [-0.05, 0) is 6.07 Å². The largest absolute Gasteiger partial charge is 1.00 e. The molecule has 3 heterocycles. The molecule has 1 saturated heterocycles. The van der Waals surface area contributed by atoms with Gasteiger partial charge < -0.3 is 20.5 Å². The predicted molar refractivity (Wildman–Crippen MR) is 84.3 cm³/mol. The molecular formula is C15H16N4NaO4S+. The zero-order chi connectivity index (χ0) is 17.3. The molecule has 0 aliphatic carbocycles. The van der Waals surface area contributed by atoms with Gasteiger partial charge in [0.1, 0.15) is 31.3 Å². The monoisotopic (exact) mass is 371 g/mol. The molecule has 126 valence electrons. The van der Waals surface area contributed by atoms with Crippen molar-refractivity contribution >= 4 is 29.9 Å². The molecule has 2 unspecified atom stereocenters. The van der Waals surface area contributed by atoms with E-state index < -0.39 is 17.9 Å². The summed E-state index contributed by atoms with van der Waals surface area (Å²) in [5, 5.41) is 14.9. The molecule has 0 aromatic carbocycles. The molecule has 1 amide bonds. The minimum absolute atomic E-state index is 0. The van der Waals surface area contributed by atoms with Crippen LogP contribution in [0.25, 0.3) is 0 Å². The molecule has 10 heteroatoms. The van der Waals surface area contributed by atoms with Gasteiger partial charge >= 0.3 is 29.6 Å². The number of thioether (sulfide) groups is 1. The second kappa shape index (κ2) is 8.33. The van der Waals surface area contributed by atoms with Gasteiger partial charge in [-0.15, -0.1) is 11.8 Å². The number of carboxylic acid groups (broad SMARTS) is 1. The number of nitrogens with zero attached hydrogens (tertiary/aromatic N) is 3. The second-order valence-corrected chi connectivity index (χ2v) is 6.52. The Balaban J connectivity index is 0.00000225. The van der Waals surface area contributed by atoms with Crippen LogP contribution in [0.2, 0.25) is 0 Å². The average molecular weight is 371 g/mol. The van der Waals surface area contributed by atoms with Gasteiger partial charge in [-0.1, -0.05) is 5.16 Å². The molecule has 1 aromatic rings. The minimum Gasteiger partial charge on any atom is -0.543 e. The maximum atomic E-state index is 11.8. The number of aromatic nitrogens is 1. The van der Waals surface area contributed by atoms with Crippen LogP contribution in [0, 0.1) is 0 Å². The van der Waals surface area contributed by atoms with Crippen molar-refractivity contribution < 1.29 is 53.7 Å². The van der Waals surface area contributed by atoms with Crippen LogP contribution in [0.3, 0.4) is 0 Å². The van der Waals surface area contributed by atoms with Gasteiger partial charge in [0.15, 0.2) is 6.20 Å². The van der Waals surface area contributed by atoms with Gasteiger partial charge in [-0.2, -0.15) is 0 Å². The average Bonchev–Trinajstić information content (AvgIpc) is 2.58. The first-order chi connectivity index (χ1) is 11.5. The van der Waals surface area contributed by atoms with E-state index in [-0.39, 0.29) is 47.2 Å². The fraction of sp³-hybridized carbons (Fsp3) is 0.333. The van der Waals surface area contributed by atoms with Crippen molar-refractivity contribution in [3.8, 4) is 0 Å². The third-order valence-electron chi connectivity index (χ3n) is 3.88. The van der Waals surface area contributed by atoms with Gasteiger partial charge in [0.05, 0.1) is 11.7 Å². The van der Waals surface area contributed by atoms with Gasteiger partial charge in [-0.25, -0.2) is 4.57 Å². The summed E-state index contributed by atoms with van der Waals surface area (Å²) in [5.74, 6) is -1.42. The Morgan fingerprint density at radius 3 is 3.04 bits per heavy atom. The molecule has 2 N–H and O–H groups in total. The van der Waals surface area contributed by atoms with Crippen LogP contribution in [0.5, 0.6) is 0 Å². The molecular weight excluding hydrogens is 355 g/mol. The van der Waals surface area contributed by atoms with E-state index in [9.17, 15) is 14.7 Å². The summed E-state index contributed by atoms with van der Waals surface area (Å²) in [4.78, 5) is 29.6. The molecule has 25 heavy (non-hydrogen) atoms. The van der Waals surface area contributed by atoms with Crippen LogP contribution in [0.1, 0.15) is 5.69 Å². The van der Waals surface area contributed by atoms with Crippen molar-refractivity contribution in [2.45, 2.75) is 11.4 Å². The Labute approximate surface area is 171 Å². The zero-order valence-electron chi connectivity index (χ0n) is 13.9. The number of carboxylic acids is 1. The summed E-state index contributed by atoms with van der Waals surface area (Å²) in [6, 6.07) is 4.96. The molecule has 0 spiro atoms. The SMILES string of the molecule is C[n+]1ccccc1/C=N/OCC1=C(C(=O)[O-])N2C(=O)C(N)C2SC1.[Na+]. The summed E-state index contributed by atoms with van der Waals surface area (Å²) in [7, 11) is 1.87. The summed E-state index contributed by atoms with van der Waals surface area (Å²) in [6.07, 6.45) is 3.40. The standard InChI is InChI=1S/C15H16N4O4S.Na/c1-18-5-3-2-4-10(18)6-17-23-7-9-8-24-14-11(16)13(20)19(14)12(9)15(21)22;/h2-6,11,14H,7-8,16H2,1H3;/q;+1/b17-6+;. The summed E-state index contributed by atoms with van der Waals surface area (Å²) in [6.45, 7) is -0.0326. The van der Waals surface area contributed by atoms with E-state index in [2.05, 4.69) is 5.16 Å². The fourth-order valence-electron chi connectivity index (χ4n) is 2.56. The molecule has 2 aliphatic heterocycles. The number of amides is 1. The molecule has 0 bridgehead atoms. The van der Waals surface area contributed by atoms with Crippen LogP contribution in [0.15, 0.2) is 40.8 Å². The topological polar surface area (TPSA) is 112 Å². The maximum Gasteiger partial charge on any atom is 1.00 e. The van der Waals surface area contributed by atoms with E-state index in [1.54, 1.807) is 0 Å². The molecule has 1 fully saturated rings. The van der Waals surface area contributed by atoms with Gasteiger partial charge in [-0.3, -0.25) is 9.69 Å². The number of oxime groups is 1. The maximum absolute atomic E-state index is 11.8. The first-order valence-electron chi connectivity index (χ1n) is 7.24. The van der Waals surface area contributed by atoms with Gasteiger partial charge in [0, 0.05) is 23.5 Å². The van der Waals surface area contributed by atoms with Crippen LogP contribution in [0.4, 0.5) is 0 Å². The molecule has 0 saturated carbocycles. The van der Waals surface area contributed by atoms with Crippen LogP contribution in [-0.4, -0.2) is 46.8 Å². The van der Waals surface area contributed by atoms with Crippen molar-refractivity contribution in [2.24, 2.45) is 17.9 Å². The first kappa shape index (κ1) is 19.9. The van der Waals surface area contributed by atoms with E-state index >= 15 is 0 Å². The Hall–Kier alpha value is -1.39. The van der Waals surface area contributed by atoms with E-state index in [1.165, 1.54) is 22.9 Å². The smallest absolute Gasteiger partial charge is 0.543 e. The zero-order valence-corrected chi connectivity index (χ0v) is 16.7. The van der Waals surface area contributed by atoms with E-state index in [0.717, 1.165) is 5.69 Å². The number of β-lactam (4-membered cyclic amide) rings is 1. The molecule has 2 aliphatic rings. The third-order valence-corrected chi connectivity index (χ3v) is 5.24. The molecule has 0 radical (unpaired) electrons. The molecule has 1 aromatic heterocycles. The molecule has 8 nitrogen and oxygen atoms in total. The minimum atomic E-state index is -1.41. The van der Waals surface area contributed by atoms with Gasteiger partial charge in [0.2, 0.25) is 11.6 Å². The summed E-state index contributed by atoms with van der Waals surface area (Å²) < 4.78 is 1.86. The first-order valence-corrected chi connectivity index (χ1v) is 8.29. The van der Waals surface area contributed by atoms with E-state index in [1.807, 2.05) is 36.0 Å². The van der Waals surface area contributed by atoms with Crippen molar-refractivity contribution in [1.82, 2.24) is 4.90 Å². The third kappa shape index (κ3) is 3.90. The number of carbonyl (C=O) groups is 2. The number of aryl methyl sites for hydroxylation is 1. The Morgan fingerprint density at radius 2 is 2.36 bits per heavy atom. The quantitative estimate of drug-likeness (QED) is 0.183. The normalized spacial score (nSPS) is 22.3. The van der Waals surface area contributed by atoms with E-state index in [0.29, 0.717) is 11.3 Å². The van der Waals surface area contributed by atoms with Crippen molar-refractivity contribution in [3.63, 3.8) is 0 Å². The number of fused-ring (bicyclic) bond motifs is 1. The van der Waals surface area contributed by atoms with Crippen molar-refractivity contribution in [2.75, 3.05) is 12.4 Å². The number of pyridine rings is 1. The number of hydrogen-bond donors (Lipinski definition) is 1. The van der Waals surface area contributed by atoms with Crippen molar-refractivity contribution in [1.29, 1.82) is 0 Å². The molecule has 2 atom stereocenters. The fourth-order valence-corrected chi connectivity index (χ4v) is 3.83. The number of aliphatic carboxylic acids is 1. The van der Waals surface area contributed by atoms with Crippen molar-refractivity contribution in [3.05, 3.63) is 41.4 Å². The van der Waals surface area contributed by atoms with Crippen LogP contribution >= 0.6 is 11.8 Å². The van der Waals surface area contributed by atoms with Crippen LogP contribution < -0.4 is 45.0 Å². The number of nitrogens with two attached hydrogens (primary N) is 1. The Bertz CT molecular complexity index is 755. The van der Waals surface area contributed by atoms with Gasteiger partial charge in [0.25, 0.3) is 0 Å². The number of carbonyl (C=O) groups excluding carboxylic acids is 2. The summed E-state index contributed by atoms with van der Waals surface area (Å²) >= 11 is 1.41. The second-order valence-electron chi connectivity index (χ2n) is 5.42.